The Morgan fingerprint density at radius 3 is 2.27 bits per heavy atom. The smallest absolute Gasteiger partial charge is 0.186 e. The van der Waals surface area contributed by atoms with Crippen molar-refractivity contribution in [3.8, 4) is 0 Å². The van der Waals surface area contributed by atoms with Gasteiger partial charge in [-0.1, -0.05) is 12.1 Å². The van der Waals surface area contributed by atoms with Gasteiger partial charge in [0.15, 0.2) is 5.96 Å². The Labute approximate surface area is 89.2 Å². The highest BCUT2D eigenvalue weighted by Crippen LogP contribution is 2.39. The van der Waals surface area contributed by atoms with Crippen LogP contribution in [0.1, 0.15) is 24.3 Å². The molecule has 0 spiro atoms. The highest BCUT2D eigenvalue weighted by Gasteiger charge is 2.31. The summed E-state index contributed by atoms with van der Waals surface area (Å²) in [5.74, 6) is 0.632. The molecule has 2 rings (SSSR count). The molecular formula is C11H16N4. The molecule has 1 aromatic rings. The van der Waals surface area contributed by atoms with E-state index in [0.29, 0.717) is 5.92 Å². The number of aliphatic imine (C=N–C) groups is 1. The second-order valence-electron chi connectivity index (χ2n) is 3.97. The topological polar surface area (TPSA) is 90.4 Å². The van der Waals surface area contributed by atoms with Crippen molar-refractivity contribution < 1.29 is 0 Å². The Bertz CT molecular complexity index is 365. The minimum atomic E-state index is 0.181. The van der Waals surface area contributed by atoms with E-state index in [9.17, 15) is 0 Å². The fourth-order valence-electron chi connectivity index (χ4n) is 1.96. The van der Waals surface area contributed by atoms with E-state index < -0.39 is 0 Å². The monoisotopic (exact) mass is 204 g/mol. The zero-order valence-electron chi connectivity index (χ0n) is 8.56. The van der Waals surface area contributed by atoms with Crippen LogP contribution in [0.3, 0.4) is 0 Å². The summed E-state index contributed by atoms with van der Waals surface area (Å²) in [5.41, 5.74) is 18.4. The van der Waals surface area contributed by atoms with E-state index in [1.165, 1.54) is 5.56 Å². The Morgan fingerprint density at radius 2 is 1.80 bits per heavy atom. The second kappa shape index (κ2) is 3.81. The number of hydrogen-bond acceptors (Lipinski definition) is 2. The normalized spacial score (nSPS) is 24.3. The molecule has 0 heterocycles. The van der Waals surface area contributed by atoms with E-state index in [1.807, 2.05) is 24.3 Å². The molecule has 15 heavy (non-hydrogen) atoms. The third-order valence-corrected chi connectivity index (χ3v) is 2.92. The SMILES string of the molecule is NC(N)=NC1CCC1c1ccc(N)cc1. The maximum atomic E-state index is 5.63. The third-order valence-electron chi connectivity index (χ3n) is 2.92. The predicted molar refractivity (Wildman–Crippen MR) is 62.4 cm³/mol. The summed E-state index contributed by atoms with van der Waals surface area (Å²) in [5, 5.41) is 0. The van der Waals surface area contributed by atoms with Crippen LogP contribution < -0.4 is 17.2 Å². The van der Waals surface area contributed by atoms with Crippen LogP contribution in [0.4, 0.5) is 5.69 Å². The molecule has 1 saturated carbocycles. The van der Waals surface area contributed by atoms with Gasteiger partial charge in [0.25, 0.3) is 0 Å². The standard InChI is InChI=1S/C11H16N4/c12-8-3-1-7(2-4-8)9-5-6-10(9)15-11(13)14/h1-4,9-10H,5-6,12H2,(H4,13,14,15). The number of benzene rings is 1. The van der Waals surface area contributed by atoms with Crippen LogP contribution in [0.25, 0.3) is 0 Å². The van der Waals surface area contributed by atoms with Crippen molar-refractivity contribution in [2.75, 3.05) is 5.73 Å². The van der Waals surface area contributed by atoms with Gasteiger partial charge in [0, 0.05) is 11.6 Å². The maximum Gasteiger partial charge on any atom is 0.186 e. The molecule has 1 fully saturated rings. The van der Waals surface area contributed by atoms with Gasteiger partial charge in [-0.2, -0.15) is 0 Å². The molecule has 6 N–H and O–H groups in total. The van der Waals surface area contributed by atoms with Gasteiger partial charge in [-0.3, -0.25) is 0 Å². The first kappa shape index (κ1) is 9.83. The van der Waals surface area contributed by atoms with Gasteiger partial charge in [0.1, 0.15) is 0 Å². The largest absolute Gasteiger partial charge is 0.399 e. The predicted octanol–water partition coefficient (Wildman–Crippen LogP) is 0.788. The van der Waals surface area contributed by atoms with Crippen molar-refractivity contribution in [1.82, 2.24) is 0 Å². The third kappa shape index (κ3) is 2.03. The molecule has 2 unspecified atom stereocenters. The Kier molecular flexibility index (Phi) is 2.49. The van der Waals surface area contributed by atoms with Crippen molar-refractivity contribution in [3.05, 3.63) is 29.8 Å². The first-order valence-corrected chi connectivity index (χ1v) is 5.11. The Hall–Kier alpha value is -1.71. The zero-order valence-corrected chi connectivity index (χ0v) is 8.56. The van der Waals surface area contributed by atoms with E-state index in [4.69, 9.17) is 17.2 Å². The molecular weight excluding hydrogens is 188 g/mol. The minimum absolute atomic E-state index is 0.181. The lowest BCUT2D eigenvalue weighted by Crippen LogP contribution is -2.33. The summed E-state index contributed by atoms with van der Waals surface area (Å²) in [4.78, 5) is 4.20. The van der Waals surface area contributed by atoms with Gasteiger partial charge in [-0.15, -0.1) is 0 Å². The lowest BCUT2D eigenvalue weighted by Gasteiger charge is -2.34. The van der Waals surface area contributed by atoms with Crippen LogP contribution in [0.2, 0.25) is 0 Å². The molecule has 0 aromatic heterocycles. The van der Waals surface area contributed by atoms with Crippen LogP contribution in [-0.2, 0) is 0 Å². The van der Waals surface area contributed by atoms with Gasteiger partial charge in [0.2, 0.25) is 0 Å². The summed E-state index contributed by atoms with van der Waals surface area (Å²) in [6.45, 7) is 0. The van der Waals surface area contributed by atoms with Crippen LogP contribution in [0, 0.1) is 0 Å². The minimum Gasteiger partial charge on any atom is -0.399 e. The highest BCUT2D eigenvalue weighted by atomic mass is 15.0. The average molecular weight is 204 g/mol. The van der Waals surface area contributed by atoms with E-state index in [0.717, 1.165) is 18.5 Å². The molecule has 0 radical (unpaired) electrons. The van der Waals surface area contributed by atoms with Crippen molar-refractivity contribution in [2.24, 2.45) is 16.5 Å². The molecule has 4 nitrogen and oxygen atoms in total. The van der Waals surface area contributed by atoms with Crippen molar-refractivity contribution in [1.29, 1.82) is 0 Å². The fourth-order valence-corrected chi connectivity index (χ4v) is 1.96. The van der Waals surface area contributed by atoms with Gasteiger partial charge in [0.05, 0.1) is 6.04 Å². The molecule has 0 saturated heterocycles. The maximum absolute atomic E-state index is 5.63. The molecule has 1 aromatic carbocycles. The Balaban J connectivity index is 2.12. The number of nitrogens with zero attached hydrogens (tertiary/aromatic N) is 1. The van der Waals surface area contributed by atoms with Gasteiger partial charge in [-0.05, 0) is 30.5 Å². The van der Waals surface area contributed by atoms with Gasteiger partial charge < -0.3 is 17.2 Å². The van der Waals surface area contributed by atoms with E-state index in [-0.39, 0.29) is 12.0 Å². The number of anilines is 1. The van der Waals surface area contributed by atoms with Gasteiger partial charge in [-0.25, -0.2) is 4.99 Å². The number of guanidine groups is 1. The van der Waals surface area contributed by atoms with Gasteiger partial charge >= 0.3 is 0 Å². The first-order valence-electron chi connectivity index (χ1n) is 5.11. The van der Waals surface area contributed by atoms with Crippen LogP contribution in [-0.4, -0.2) is 12.0 Å². The molecule has 80 valence electrons. The number of hydrogen-bond donors (Lipinski definition) is 3. The lowest BCUT2D eigenvalue weighted by molar-refractivity contribution is 0.348. The number of nitrogens with two attached hydrogens (primary N) is 3. The lowest BCUT2D eigenvalue weighted by atomic mass is 9.75. The molecule has 0 amide bonds. The van der Waals surface area contributed by atoms with Crippen molar-refractivity contribution in [2.45, 2.75) is 24.8 Å². The Morgan fingerprint density at radius 1 is 1.13 bits per heavy atom. The average Bonchev–Trinajstić information content (AvgIpc) is 2.16. The van der Waals surface area contributed by atoms with Crippen LogP contribution in [0.15, 0.2) is 29.3 Å². The number of nitrogen functional groups attached to an aromatic ring is 1. The molecule has 1 aliphatic rings. The second-order valence-corrected chi connectivity index (χ2v) is 3.97. The van der Waals surface area contributed by atoms with Crippen molar-refractivity contribution >= 4 is 11.6 Å². The summed E-state index contributed by atoms with van der Waals surface area (Å²) in [7, 11) is 0. The summed E-state index contributed by atoms with van der Waals surface area (Å²) < 4.78 is 0. The van der Waals surface area contributed by atoms with E-state index >= 15 is 0 Å². The number of rotatable bonds is 2. The summed E-state index contributed by atoms with van der Waals surface area (Å²) >= 11 is 0. The fraction of sp³-hybridized carbons (Fsp3) is 0.364. The molecule has 0 bridgehead atoms. The molecule has 0 aliphatic heterocycles. The summed E-state index contributed by atoms with van der Waals surface area (Å²) in [6.07, 6.45) is 2.21. The quantitative estimate of drug-likeness (QED) is 0.378. The highest BCUT2D eigenvalue weighted by molar-refractivity contribution is 5.76. The molecule has 1 aliphatic carbocycles. The molecule has 4 heteroatoms. The molecule has 2 atom stereocenters. The van der Waals surface area contributed by atoms with Crippen LogP contribution in [0.5, 0.6) is 0 Å². The zero-order chi connectivity index (χ0) is 10.8. The van der Waals surface area contributed by atoms with Crippen molar-refractivity contribution in [3.63, 3.8) is 0 Å². The summed E-state index contributed by atoms with van der Waals surface area (Å²) in [6, 6.07) is 8.18. The van der Waals surface area contributed by atoms with E-state index in [1.54, 1.807) is 0 Å². The van der Waals surface area contributed by atoms with E-state index in [2.05, 4.69) is 4.99 Å². The first-order chi connectivity index (χ1) is 7.16. The van der Waals surface area contributed by atoms with Crippen LogP contribution >= 0.6 is 0 Å².